The SMILES string of the molecule is Cc1cccc(C(=O)Nc2ccc(NCCc3ccccn3)nc2)c1-c1ccc(C(F)(F)F)cc1. The van der Waals surface area contributed by atoms with Crippen molar-refractivity contribution in [3.05, 3.63) is 108 Å². The third-order valence-corrected chi connectivity index (χ3v) is 5.45. The Balaban J connectivity index is 1.45. The molecule has 0 fully saturated rings. The van der Waals surface area contributed by atoms with Crippen molar-refractivity contribution in [1.29, 1.82) is 0 Å². The maximum Gasteiger partial charge on any atom is 0.416 e. The van der Waals surface area contributed by atoms with Crippen LogP contribution in [0, 0.1) is 6.92 Å². The Hall–Kier alpha value is -4.20. The van der Waals surface area contributed by atoms with Crippen molar-refractivity contribution in [3.8, 4) is 11.1 Å². The second-order valence-corrected chi connectivity index (χ2v) is 7.96. The molecular formula is C27H23F3N4O. The number of hydrogen-bond donors (Lipinski definition) is 2. The van der Waals surface area contributed by atoms with Crippen LogP contribution < -0.4 is 10.6 Å². The van der Waals surface area contributed by atoms with Crippen LogP contribution in [0.3, 0.4) is 0 Å². The van der Waals surface area contributed by atoms with Crippen LogP contribution in [0.4, 0.5) is 24.7 Å². The molecular weight excluding hydrogens is 453 g/mol. The molecule has 5 nitrogen and oxygen atoms in total. The van der Waals surface area contributed by atoms with Gasteiger partial charge in [0, 0.05) is 30.4 Å². The molecule has 0 bridgehead atoms. The Bertz CT molecular complexity index is 1290. The number of nitrogens with one attached hydrogen (secondary N) is 2. The zero-order valence-corrected chi connectivity index (χ0v) is 18.9. The molecule has 1 amide bonds. The number of halogens is 3. The van der Waals surface area contributed by atoms with Gasteiger partial charge in [0.05, 0.1) is 17.4 Å². The highest BCUT2D eigenvalue weighted by molar-refractivity contribution is 6.09. The predicted octanol–water partition coefficient (Wildman–Crippen LogP) is 6.38. The number of carbonyl (C=O) groups excluding carboxylic acids is 1. The van der Waals surface area contributed by atoms with Crippen LogP contribution in [0.2, 0.25) is 0 Å². The normalized spacial score (nSPS) is 11.2. The van der Waals surface area contributed by atoms with Crippen LogP contribution in [0.1, 0.15) is 27.2 Å². The molecule has 0 atom stereocenters. The number of hydrogen-bond acceptors (Lipinski definition) is 4. The molecule has 2 heterocycles. The highest BCUT2D eigenvalue weighted by Gasteiger charge is 2.30. The predicted molar refractivity (Wildman–Crippen MR) is 130 cm³/mol. The summed E-state index contributed by atoms with van der Waals surface area (Å²) in [6.45, 7) is 2.48. The fourth-order valence-corrected chi connectivity index (χ4v) is 3.70. The van der Waals surface area contributed by atoms with E-state index in [-0.39, 0.29) is 5.91 Å². The fraction of sp³-hybridized carbons (Fsp3) is 0.148. The molecule has 0 aliphatic heterocycles. The number of carbonyl (C=O) groups is 1. The molecule has 2 aromatic carbocycles. The molecule has 35 heavy (non-hydrogen) atoms. The molecule has 2 N–H and O–H groups in total. The zero-order chi connectivity index (χ0) is 24.8. The summed E-state index contributed by atoms with van der Waals surface area (Å²) < 4.78 is 38.8. The topological polar surface area (TPSA) is 66.9 Å². The molecule has 0 aliphatic carbocycles. The summed E-state index contributed by atoms with van der Waals surface area (Å²) in [6, 6.07) is 19.3. The van der Waals surface area contributed by atoms with E-state index in [0.717, 1.165) is 29.8 Å². The number of amides is 1. The molecule has 0 unspecified atom stereocenters. The standard InChI is InChI=1S/C27H23F3N4O/c1-18-5-4-7-23(25(18)19-8-10-20(11-9-19)27(28,29)30)26(35)34-22-12-13-24(33-17-22)32-16-14-21-6-2-3-15-31-21/h2-13,15,17H,14,16H2,1H3,(H,32,33)(H,34,35). The maximum absolute atomic E-state index is 13.1. The molecule has 178 valence electrons. The summed E-state index contributed by atoms with van der Waals surface area (Å²) in [5, 5.41) is 6.04. The molecule has 4 aromatic rings. The average Bonchev–Trinajstić information content (AvgIpc) is 2.85. The van der Waals surface area contributed by atoms with E-state index in [0.29, 0.717) is 34.7 Å². The Morgan fingerprint density at radius 3 is 2.37 bits per heavy atom. The summed E-state index contributed by atoms with van der Waals surface area (Å²) in [7, 11) is 0. The van der Waals surface area contributed by atoms with Gasteiger partial charge < -0.3 is 10.6 Å². The van der Waals surface area contributed by atoms with Gasteiger partial charge in [-0.05, 0) is 66.1 Å². The highest BCUT2D eigenvalue weighted by Crippen LogP contribution is 2.33. The largest absolute Gasteiger partial charge is 0.416 e. The van der Waals surface area contributed by atoms with E-state index in [1.54, 1.807) is 36.7 Å². The number of nitrogens with zero attached hydrogens (tertiary/aromatic N) is 2. The van der Waals surface area contributed by atoms with Gasteiger partial charge in [-0.1, -0.05) is 30.3 Å². The van der Waals surface area contributed by atoms with Gasteiger partial charge in [-0.2, -0.15) is 13.2 Å². The summed E-state index contributed by atoms with van der Waals surface area (Å²) in [5.74, 6) is 0.293. The van der Waals surface area contributed by atoms with Crippen LogP contribution >= 0.6 is 0 Å². The lowest BCUT2D eigenvalue weighted by atomic mass is 9.94. The van der Waals surface area contributed by atoms with Crippen molar-refractivity contribution >= 4 is 17.4 Å². The summed E-state index contributed by atoms with van der Waals surface area (Å²) in [4.78, 5) is 21.7. The molecule has 0 aliphatic rings. The van der Waals surface area contributed by atoms with E-state index in [4.69, 9.17) is 0 Å². The van der Waals surface area contributed by atoms with Crippen LogP contribution in [-0.4, -0.2) is 22.4 Å². The first-order valence-electron chi connectivity index (χ1n) is 11.0. The van der Waals surface area contributed by atoms with E-state index < -0.39 is 11.7 Å². The molecule has 0 saturated carbocycles. The number of benzene rings is 2. The molecule has 2 aromatic heterocycles. The quantitative estimate of drug-likeness (QED) is 0.325. The Morgan fingerprint density at radius 2 is 1.71 bits per heavy atom. The van der Waals surface area contributed by atoms with Gasteiger partial charge in [0.15, 0.2) is 0 Å². The number of pyridine rings is 2. The summed E-state index contributed by atoms with van der Waals surface area (Å²) >= 11 is 0. The zero-order valence-electron chi connectivity index (χ0n) is 18.9. The van der Waals surface area contributed by atoms with Crippen molar-refractivity contribution in [2.75, 3.05) is 17.2 Å². The Kier molecular flexibility index (Phi) is 7.10. The van der Waals surface area contributed by atoms with Gasteiger partial charge in [-0.3, -0.25) is 9.78 Å². The van der Waals surface area contributed by atoms with Crippen LogP contribution in [0.5, 0.6) is 0 Å². The monoisotopic (exact) mass is 476 g/mol. The second kappa shape index (κ2) is 10.4. The van der Waals surface area contributed by atoms with Crippen molar-refractivity contribution in [1.82, 2.24) is 9.97 Å². The molecule has 0 spiro atoms. The number of anilines is 2. The maximum atomic E-state index is 13.1. The number of aromatic nitrogens is 2. The Morgan fingerprint density at radius 1 is 0.914 bits per heavy atom. The van der Waals surface area contributed by atoms with Gasteiger partial charge in [0.2, 0.25) is 0 Å². The van der Waals surface area contributed by atoms with Gasteiger partial charge in [0.1, 0.15) is 5.82 Å². The molecule has 4 rings (SSSR count). The van der Waals surface area contributed by atoms with Crippen LogP contribution in [0.15, 0.2) is 85.2 Å². The van der Waals surface area contributed by atoms with Gasteiger partial charge in [0.25, 0.3) is 5.91 Å². The number of rotatable bonds is 7. The minimum Gasteiger partial charge on any atom is -0.370 e. The van der Waals surface area contributed by atoms with Crippen molar-refractivity contribution in [2.45, 2.75) is 19.5 Å². The van der Waals surface area contributed by atoms with Crippen molar-refractivity contribution < 1.29 is 18.0 Å². The minimum absolute atomic E-state index is 0.363. The summed E-state index contributed by atoms with van der Waals surface area (Å²) in [5.41, 5.74) is 3.01. The molecule has 0 radical (unpaired) electrons. The second-order valence-electron chi connectivity index (χ2n) is 7.96. The van der Waals surface area contributed by atoms with E-state index >= 15 is 0 Å². The first-order chi connectivity index (χ1) is 16.8. The van der Waals surface area contributed by atoms with Crippen molar-refractivity contribution in [3.63, 3.8) is 0 Å². The molecule has 8 heteroatoms. The number of alkyl halides is 3. The lowest BCUT2D eigenvalue weighted by Gasteiger charge is -2.14. The lowest BCUT2D eigenvalue weighted by Crippen LogP contribution is -2.14. The van der Waals surface area contributed by atoms with Crippen LogP contribution in [0.25, 0.3) is 11.1 Å². The van der Waals surface area contributed by atoms with Crippen LogP contribution in [-0.2, 0) is 12.6 Å². The van der Waals surface area contributed by atoms with E-state index in [2.05, 4.69) is 20.6 Å². The van der Waals surface area contributed by atoms with E-state index in [1.807, 2.05) is 31.2 Å². The summed E-state index contributed by atoms with van der Waals surface area (Å²) in [6.07, 6.45) is -0.366. The van der Waals surface area contributed by atoms with Gasteiger partial charge >= 0.3 is 6.18 Å². The third kappa shape index (κ3) is 6.03. The Labute approximate surface area is 201 Å². The fourth-order valence-electron chi connectivity index (χ4n) is 3.70. The van der Waals surface area contributed by atoms with E-state index in [9.17, 15) is 18.0 Å². The van der Waals surface area contributed by atoms with Gasteiger partial charge in [-0.15, -0.1) is 0 Å². The first kappa shape index (κ1) is 23.9. The lowest BCUT2D eigenvalue weighted by molar-refractivity contribution is -0.137. The average molecular weight is 477 g/mol. The smallest absolute Gasteiger partial charge is 0.370 e. The minimum atomic E-state index is -4.42. The van der Waals surface area contributed by atoms with Crippen molar-refractivity contribution in [2.24, 2.45) is 0 Å². The number of aryl methyl sites for hydroxylation is 1. The first-order valence-corrected chi connectivity index (χ1v) is 11.0. The highest BCUT2D eigenvalue weighted by atomic mass is 19.4. The van der Waals surface area contributed by atoms with Gasteiger partial charge in [-0.25, -0.2) is 4.98 Å². The molecule has 0 saturated heterocycles. The van der Waals surface area contributed by atoms with E-state index in [1.165, 1.54) is 12.1 Å². The third-order valence-electron chi connectivity index (χ3n) is 5.45.